The van der Waals surface area contributed by atoms with Gasteiger partial charge in [-0.15, -0.1) is 10.2 Å². The van der Waals surface area contributed by atoms with Gasteiger partial charge in [0.05, 0.1) is 17.8 Å². The average molecular weight is 214 g/mol. The van der Waals surface area contributed by atoms with E-state index >= 15 is 0 Å². The first kappa shape index (κ1) is 10.1. The van der Waals surface area contributed by atoms with Crippen molar-refractivity contribution in [3.8, 4) is 6.07 Å². The Bertz CT molecular complexity index is 511. The van der Waals surface area contributed by atoms with E-state index in [1.54, 1.807) is 0 Å². The van der Waals surface area contributed by atoms with Gasteiger partial charge in [-0.25, -0.2) is 0 Å². The summed E-state index contributed by atoms with van der Waals surface area (Å²) < 4.78 is 0. The van der Waals surface area contributed by atoms with Crippen LogP contribution < -0.4 is 5.32 Å². The highest BCUT2D eigenvalue weighted by molar-refractivity contribution is 5.58. The summed E-state index contributed by atoms with van der Waals surface area (Å²) in [5.41, 5.74) is 2.45. The van der Waals surface area contributed by atoms with Gasteiger partial charge >= 0.3 is 0 Å². The number of benzene rings is 1. The molecule has 0 bridgehead atoms. The molecule has 2 aromatic rings. The summed E-state index contributed by atoms with van der Waals surface area (Å²) in [5, 5.41) is 25.5. The molecule has 6 nitrogen and oxygen atoms in total. The highest BCUT2D eigenvalue weighted by Gasteiger charge is 2.03. The molecule has 2 N–H and O–H groups in total. The van der Waals surface area contributed by atoms with Crippen molar-refractivity contribution in [2.45, 2.75) is 13.5 Å². The van der Waals surface area contributed by atoms with Gasteiger partial charge in [0.15, 0.2) is 5.82 Å². The van der Waals surface area contributed by atoms with E-state index in [0.717, 1.165) is 11.3 Å². The van der Waals surface area contributed by atoms with Gasteiger partial charge in [-0.1, -0.05) is 11.3 Å². The molecule has 0 fully saturated rings. The van der Waals surface area contributed by atoms with Crippen molar-refractivity contribution in [3.05, 3.63) is 35.2 Å². The summed E-state index contributed by atoms with van der Waals surface area (Å²) >= 11 is 0. The van der Waals surface area contributed by atoms with Crippen LogP contribution in [0.25, 0.3) is 0 Å². The monoisotopic (exact) mass is 214 g/mol. The Labute approximate surface area is 92.3 Å². The number of aromatic amines is 1. The quantitative estimate of drug-likeness (QED) is 0.795. The standard InChI is InChI=1S/C10H10N6/c1-7-2-3-9(8(4-7)5-11)12-6-10-13-15-16-14-10/h2-4,12H,6H2,1H3,(H,13,14,15,16). The van der Waals surface area contributed by atoms with Gasteiger partial charge in [0, 0.05) is 0 Å². The molecule has 0 aliphatic rings. The number of nitriles is 1. The molecule has 2 rings (SSSR count). The van der Waals surface area contributed by atoms with Crippen molar-refractivity contribution in [1.29, 1.82) is 5.26 Å². The molecule has 0 spiro atoms. The van der Waals surface area contributed by atoms with E-state index in [1.807, 2.05) is 25.1 Å². The summed E-state index contributed by atoms with van der Waals surface area (Å²) in [6.07, 6.45) is 0. The van der Waals surface area contributed by atoms with E-state index in [4.69, 9.17) is 5.26 Å². The number of anilines is 1. The van der Waals surface area contributed by atoms with Crippen molar-refractivity contribution in [2.75, 3.05) is 5.32 Å². The van der Waals surface area contributed by atoms with Crippen LogP contribution in [0, 0.1) is 18.3 Å². The van der Waals surface area contributed by atoms with Crippen molar-refractivity contribution >= 4 is 5.69 Å². The van der Waals surface area contributed by atoms with Crippen LogP contribution in [0.4, 0.5) is 5.69 Å². The summed E-state index contributed by atoms with van der Waals surface area (Å²) in [6, 6.07) is 7.78. The molecule has 0 aliphatic carbocycles. The second-order valence-electron chi connectivity index (χ2n) is 3.34. The van der Waals surface area contributed by atoms with Crippen LogP contribution in [0.1, 0.15) is 17.0 Å². The number of H-pyrrole nitrogens is 1. The lowest BCUT2D eigenvalue weighted by Crippen LogP contribution is -2.03. The van der Waals surface area contributed by atoms with Crippen LogP contribution in [0.5, 0.6) is 0 Å². The van der Waals surface area contributed by atoms with Crippen LogP contribution >= 0.6 is 0 Å². The molecule has 1 heterocycles. The SMILES string of the molecule is Cc1ccc(NCc2nn[nH]n2)c(C#N)c1. The Hall–Kier alpha value is -2.42. The summed E-state index contributed by atoms with van der Waals surface area (Å²) in [4.78, 5) is 0. The van der Waals surface area contributed by atoms with E-state index in [9.17, 15) is 0 Å². The number of hydrogen-bond donors (Lipinski definition) is 2. The lowest BCUT2D eigenvalue weighted by Gasteiger charge is -2.06. The Balaban J connectivity index is 2.13. The third-order valence-corrected chi connectivity index (χ3v) is 2.12. The molecule has 0 unspecified atom stereocenters. The fourth-order valence-corrected chi connectivity index (χ4v) is 1.34. The van der Waals surface area contributed by atoms with Gasteiger partial charge in [0.25, 0.3) is 0 Å². The fraction of sp³-hybridized carbons (Fsp3) is 0.200. The molecule has 1 aromatic heterocycles. The minimum atomic E-state index is 0.439. The van der Waals surface area contributed by atoms with Gasteiger partial charge in [-0.2, -0.15) is 10.5 Å². The molecule has 80 valence electrons. The molecular formula is C10H10N6. The fourth-order valence-electron chi connectivity index (χ4n) is 1.34. The van der Waals surface area contributed by atoms with E-state index < -0.39 is 0 Å². The Morgan fingerprint density at radius 1 is 1.50 bits per heavy atom. The van der Waals surface area contributed by atoms with Crippen LogP contribution in [-0.2, 0) is 6.54 Å². The molecule has 6 heteroatoms. The molecule has 0 saturated heterocycles. The first-order valence-corrected chi connectivity index (χ1v) is 4.76. The first-order valence-electron chi connectivity index (χ1n) is 4.76. The highest BCUT2D eigenvalue weighted by Crippen LogP contribution is 2.16. The molecule has 0 saturated carbocycles. The van der Waals surface area contributed by atoms with E-state index in [0.29, 0.717) is 17.9 Å². The van der Waals surface area contributed by atoms with E-state index in [2.05, 4.69) is 32.0 Å². The first-order chi connectivity index (χ1) is 7.79. The van der Waals surface area contributed by atoms with E-state index in [-0.39, 0.29) is 0 Å². The zero-order valence-electron chi connectivity index (χ0n) is 8.73. The number of nitrogens with one attached hydrogen (secondary N) is 2. The number of rotatable bonds is 3. The molecular weight excluding hydrogens is 204 g/mol. The maximum Gasteiger partial charge on any atom is 0.193 e. The topological polar surface area (TPSA) is 90.3 Å². The summed E-state index contributed by atoms with van der Waals surface area (Å²) in [7, 11) is 0. The zero-order chi connectivity index (χ0) is 11.4. The van der Waals surface area contributed by atoms with Crippen LogP contribution in [0.2, 0.25) is 0 Å². The smallest absolute Gasteiger partial charge is 0.193 e. The zero-order valence-corrected chi connectivity index (χ0v) is 8.73. The van der Waals surface area contributed by atoms with Crippen molar-refractivity contribution in [1.82, 2.24) is 20.6 Å². The number of nitrogens with zero attached hydrogens (tertiary/aromatic N) is 4. The van der Waals surface area contributed by atoms with E-state index in [1.165, 1.54) is 0 Å². The molecule has 0 amide bonds. The van der Waals surface area contributed by atoms with Crippen LogP contribution in [0.15, 0.2) is 18.2 Å². The molecule has 0 atom stereocenters. The summed E-state index contributed by atoms with van der Waals surface area (Å²) in [5.74, 6) is 0.560. The third kappa shape index (κ3) is 2.15. The van der Waals surface area contributed by atoms with Gasteiger partial charge in [0.2, 0.25) is 0 Å². The lowest BCUT2D eigenvalue weighted by molar-refractivity contribution is 0.881. The largest absolute Gasteiger partial charge is 0.377 e. The lowest BCUT2D eigenvalue weighted by atomic mass is 10.1. The van der Waals surface area contributed by atoms with Crippen molar-refractivity contribution < 1.29 is 0 Å². The maximum absolute atomic E-state index is 8.96. The molecule has 0 radical (unpaired) electrons. The Kier molecular flexibility index (Phi) is 2.78. The molecule has 1 aromatic carbocycles. The number of tetrazole rings is 1. The number of aromatic nitrogens is 4. The predicted molar refractivity (Wildman–Crippen MR) is 57.4 cm³/mol. The van der Waals surface area contributed by atoms with Gasteiger partial charge < -0.3 is 5.32 Å². The second kappa shape index (κ2) is 4.40. The minimum absolute atomic E-state index is 0.439. The molecule has 0 aliphatic heterocycles. The minimum Gasteiger partial charge on any atom is -0.377 e. The normalized spacial score (nSPS) is 9.75. The van der Waals surface area contributed by atoms with Crippen LogP contribution in [0.3, 0.4) is 0 Å². The Morgan fingerprint density at radius 2 is 2.38 bits per heavy atom. The van der Waals surface area contributed by atoms with Crippen LogP contribution in [-0.4, -0.2) is 20.6 Å². The number of aryl methyl sites for hydroxylation is 1. The van der Waals surface area contributed by atoms with Gasteiger partial charge in [-0.05, 0) is 24.6 Å². The summed E-state index contributed by atoms with van der Waals surface area (Å²) in [6.45, 7) is 2.39. The van der Waals surface area contributed by atoms with Gasteiger partial charge in [-0.3, -0.25) is 0 Å². The van der Waals surface area contributed by atoms with Crippen molar-refractivity contribution in [2.24, 2.45) is 0 Å². The second-order valence-corrected chi connectivity index (χ2v) is 3.34. The maximum atomic E-state index is 8.96. The highest BCUT2D eigenvalue weighted by atomic mass is 15.5. The predicted octanol–water partition coefficient (Wildman–Crippen LogP) is 0.992. The average Bonchev–Trinajstić information content (AvgIpc) is 2.80. The van der Waals surface area contributed by atoms with Crippen molar-refractivity contribution in [3.63, 3.8) is 0 Å². The number of hydrogen-bond acceptors (Lipinski definition) is 5. The van der Waals surface area contributed by atoms with Gasteiger partial charge in [0.1, 0.15) is 6.07 Å². The molecule has 16 heavy (non-hydrogen) atoms. The third-order valence-electron chi connectivity index (χ3n) is 2.12. The Morgan fingerprint density at radius 3 is 3.06 bits per heavy atom.